The van der Waals surface area contributed by atoms with E-state index in [2.05, 4.69) is 5.32 Å². The zero-order valence-electron chi connectivity index (χ0n) is 17.3. The van der Waals surface area contributed by atoms with Crippen molar-refractivity contribution in [3.05, 3.63) is 53.6 Å². The summed E-state index contributed by atoms with van der Waals surface area (Å²) in [5.74, 6) is -2.86. The number of amides is 2. The number of nitrogens with one attached hydrogen (secondary N) is 2. The van der Waals surface area contributed by atoms with Crippen molar-refractivity contribution in [2.24, 2.45) is 5.92 Å². The minimum absolute atomic E-state index is 0.0336. The minimum Gasteiger partial charge on any atom is -0.493 e. The Bertz CT molecular complexity index is 989. The van der Waals surface area contributed by atoms with Gasteiger partial charge in [0.1, 0.15) is 5.92 Å². The van der Waals surface area contributed by atoms with Gasteiger partial charge in [-0.25, -0.2) is 4.79 Å². The van der Waals surface area contributed by atoms with Gasteiger partial charge in [0.2, 0.25) is 11.5 Å². The summed E-state index contributed by atoms with van der Waals surface area (Å²) in [6.45, 7) is 0. The number of hydrogen-bond donors (Lipinski definition) is 3. The number of methoxy groups -OCH3 is 3. The van der Waals surface area contributed by atoms with Crippen LogP contribution in [0.4, 0.5) is 18.0 Å². The van der Waals surface area contributed by atoms with Crippen LogP contribution in [0, 0.1) is 5.92 Å². The summed E-state index contributed by atoms with van der Waals surface area (Å²) >= 11 is 0. The topological polar surface area (TPSA) is 106 Å². The average molecular weight is 454 g/mol. The average Bonchev–Trinajstić information content (AvgIpc) is 2.76. The number of carbonyl (C=O) groups is 2. The lowest BCUT2D eigenvalue weighted by Crippen LogP contribution is -2.72. The molecule has 1 heterocycles. The molecule has 0 aromatic heterocycles. The van der Waals surface area contributed by atoms with Crippen LogP contribution in [-0.2, 0) is 0 Å². The molecule has 1 fully saturated rings. The predicted octanol–water partition coefficient (Wildman–Crippen LogP) is 2.82. The van der Waals surface area contributed by atoms with Crippen LogP contribution in [0.25, 0.3) is 0 Å². The number of urea groups is 1. The Morgan fingerprint density at radius 2 is 1.59 bits per heavy atom. The predicted molar refractivity (Wildman–Crippen MR) is 106 cm³/mol. The van der Waals surface area contributed by atoms with E-state index >= 15 is 0 Å². The maximum atomic E-state index is 14.0. The zero-order chi connectivity index (χ0) is 23.7. The molecule has 32 heavy (non-hydrogen) atoms. The Morgan fingerprint density at radius 1 is 1.03 bits per heavy atom. The fraction of sp³-hybridized carbons (Fsp3) is 0.333. The van der Waals surface area contributed by atoms with Gasteiger partial charge in [0.25, 0.3) is 0 Å². The van der Waals surface area contributed by atoms with E-state index in [0.29, 0.717) is 0 Å². The minimum atomic E-state index is -5.36. The number of alkyl halides is 3. The first-order valence-electron chi connectivity index (χ1n) is 9.34. The van der Waals surface area contributed by atoms with Gasteiger partial charge in [0.15, 0.2) is 17.3 Å². The van der Waals surface area contributed by atoms with E-state index in [1.54, 1.807) is 6.07 Å². The van der Waals surface area contributed by atoms with Crippen LogP contribution in [0.3, 0.4) is 0 Å². The second kappa shape index (κ2) is 8.58. The number of hydrogen-bond acceptors (Lipinski definition) is 6. The van der Waals surface area contributed by atoms with Gasteiger partial charge >= 0.3 is 12.2 Å². The maximum absolute atomic E-state index is 14.0. The number of rotatable bonds is 6. The summed E-state index contributed by atoms with van der Waals surface area (Å²) in [5, 5.41) is 14.5. The molecular formula is C21H21F3N2O6. The SMILES string of the molecule is COc1cc([C@H]2NC(=O)N[C@@](O)(C(F)(F)F)[C@@H]2C(=O)c2ccccc2)cc(OC)c1OC. The van der Waals surface area contributed by atoms with E-state index in [0.717, 1.165) is 0 Å². The first-order valence-corrected chi connectivity index (χ1v) is 9.34. The second-order valence-electron chi connectivity index (χ2n) is 7.01. The van der Waals surface area contributed by atoms with Gasteiger partial charge < -0.3 is 30.0 Å². The number of halogens is 3. The summed E-state index contributed by atoms with van der Waals surface area (Å²) in [7, 11) is 3.96. The molecule has 11 heteroatoms. The number of ether oxygens (including phenoxy) is 3. The van der Waals surface area contributed by atoms with Crippen molar-refractivity contribution < 1.29 is 42.1 Å². The molecular weight excluding hydrogens is 433 g/mol. The fourth-order valence-electron chi connectivity index (χ4n) is 3.68. The summed E-state index contributed by atoms with van der Waals surface area (Å²) in [5.41, 5.74) is -3.88. The summed E-state index contributed by atoms with van der Waals surface area (Å²) in [6, 6.07) is 6.90. The Labute approximate surface area is 181 Å². The van der Waals surface area contributed by atoms with E-state index in [-0.39, 0.29) is 28.4 Å². The largest absolute Gasteiger partial charge is 0.493 e. The Morgan fingerprint density at radius 3 is 2.06 bits per heavy atom. The molecule has 3 atom stereocenters. The molecule has 0 spiro atoms. The fourth-order valence-corrected chi connectivity index (χ4v) is 3.68. The zero-order valence-corrected chi connectivity index (χ0v) is 17.3. The lowest BCUT2D eigenvalue weighted by atomic mass is 9.77. The van der Waals surface area contributed by atoms with Crippen molar-refractivity contribution in [1.29, 1.82) is 0 Å². The third-order valence-corrected chi connectivity index (χ3v) is 5.19. The normalized spacial score (nSPS) is 23.0. The maximum Gasteiger partial charge on any atom is 0.437 e. The van der Waals surface area contributed by atoms with Crippen molar-refractivity contribution >= 4 is 11.8 Å². The standard InChI is InChI=1S/C21H21F3N2O6/c1-30-13-9-12(10-14(31-2)18(13)32-3)16-15(17(27)11-7-5-4-6-8-11)20(29,21(22,23)24)26-19(28)25-16/h4-10,15-16,29H,1-3H3,(H2,25,26,28)/t15-,16+,20-/m0/s1. The first kappa shape index (κ1) is 23.2. The van der Waals surface area contributed by atoms with Crippen LogP contribution < -0.4 is 24.8 Å². The monoisotopic (exact) mass is 454 g/mol. The highest BCUT2D eigenvalue weighted by molar-refractivity contribution is 6.00. The Kier molecular flexibility index (Phi) is 6.22. The number of aliphatic hydroxyl groups is 1. The van der Waals surface area contributed by atoms with Crippen LogP contribution in [0.15, 0.2) is 42.5 Å². The number of Topliss-reactive ketones (excluding diaryl/α,β-unsaturated/α-hetero) is 1. The van der Waals surface area contributed by atoms with Crippen LogP contribution >= 0.6 is 0 Å². The van der Waals surface area contributed by atoms with Crippen LogP contribution in [0.5, 0.6) is 17.2 Å². The molecule has 8 nitrogen and oxygen atoms in total. The highest BCUT2D eigenvalue weighted by Gasteiger charge is 2.66. The molecule has 0 unspecified atom stereocenters. The van der Waals surface area contributed by atoms with E-state index < -0.39 is 35.7 Å². The van der Waals surface area contributed by atoms with Gasteiger partial charge in [-0.1, -0.05) is 30.3 Å². The molecule has 0 saturated carbocycles. The molecule has 2 amide bonds. The molecule has 1 saturated heterocycles. The highest BCUT2D eigenvalue weighted by Crippen LogP contribution is 2.47. The first-order chi connectivity index (χ1) is 15.1. The van der Waals surface area contributed by atoms with Crippen LogP contribution in [-0.4, -0.2) is 50.2 Å². The molecule has 3 N–H and O–H groups in total. The lowest BCUT2D eigenvalue weighted by molar-refractivity contribution is -0.287. The van der Waals surface area contributed by atoms with Crippen molar-refractivity contribution in [3.8, 4) is 17.2 Å². The van der Waals surface area contributed by atoms with Crippen LogP contribution in [0.2, 0.25) is 0 Å². The highest BCUT2D eigenvalue weighted by atomic mass is 19.4. The molecule has 3 rings (SSSR count). The van der Waals surface area contributed by atoms with Crippen molar-refractivity contribution in [2.45, 2.75) is 17.9 Å². The van der Waals surface area contributed by atoms with Crippen molar-refractivity contribution in [2.75, 3.05) is 21.3 Å². The third kappa shape index (κ3) is 3.91. The lowest BCUT2D eigenvalue weighted by Gasteiger charge is -2.45. The van der Waals surface area contributed by atoms with E-state index in [1.807, 2.05) is 0 Å². The molecule has 1 aliphatic rings. The van der Waals surface area contributed by atoms with Gasteiger partial charge in [-0.15, -0.1) is 0 Å². The van der Waals surface area contributed by atoms with E-state index in [9.17, 15) is 27.9 Å². The van der Waals surface area contributed by atoms with Gasteiger partial charge in [0.05, 0.1) is 27.4 Å². The van der Waals surface area contributed by atoms with Crippen molar-refractivity contribution in [3.63, 3.8) is 0 Å². The Balaban J connectivity index is 2.24. The molecule has 1 aliphatic heterocycles. The number of ketones is 1. The summed E-state index contributed by atoms with van der Waals surface area (Å²) in [4.78, 5) is 25.4. The summed E-state index contributed by atoms with van der Waals surface area (Å²) < 4.78 is 57.7. The summed E-state index contributed by atoms with van der Waals surface area (Å²) in [6.07, 6.45) is -5.36. The van der Waals surface area contributed by atoms with E-state index in [4.69, 9.17) is 14.2 Å². The quantitative estimate of drug-likeness (QED) is 0.580. The van der Waals surface area contributed by atoms with Gasteiger partial charge in [-0.05, 0) is 17.7 Å². The third-order valence-electron chi connectivity index (χ3n) is 5.19. The molecule has 172 valence electrons. The smallest absolute Gasteiger partial charge is 0.437 e. The van der Waals surface area contributed by atoms with Crippen LogP contribution in [0.1, 0.15) is 22.0 Å². The molecule has 0 aliphatic carbocycles. The van der Waals surface area contributed by atoms with Crippen molar-refractivity contribution in [1.82, 2.24) is 10.6 Å². The number of carbonyl (C=O) groups excluding carboxylic acids is 2. The number of benzene rings is 2. The molecule has 2 aromatic carbocycles. The Hall–Kier alpha value is -3.47. The van der Waals surface area contributed by atoms with Gasteiger partial charge in [0, 0.05) is 5.56 Å². The van der Waals surface area contributed by atoms with Gasteiger partial charge in [-0.3, -0.25) is 4.79 Å². The molecule has 0 radical (unpaired) electrons. The molecule has 2 aromatic rings. The molecule has 0 bridgehead atoms. The van der Waals surface area contributed by atoms with E-state index in [1.165, 1.54) is 63.0 Å². The van der Waals surface area contributed by atoms with Gasteiger partial charge in [-0.2, -0.15) is 13.2 Å². The second-order valence-corrected chi connectivity index (χ2v) is 7.01.